The van der Waals surface area contributed by atoms with Crippen molar-refractivity contribution in [2.75, 3.05) is 24.7 Å². The smallest absolute Gasteiger partial charge is 0.288 e. The molecule has 2 atom stereocenters. The summed E-state index contributed by atoms with van der Waals surface area (Å²) in [6.45, 7) is 5.81. The van der Waals surface area contributed by atoms with Crippen LogP contribution in [0.5, 0.6) is 11.5 Å². The highest BCUT2D eigenvalue weighted by molar-refractivity contribution is 8.16. The van der Waals surface area contributed by atoms with Crippen LogP contribution in [0.2, 0.25) is 5.02 Å². The van der Waals surface area contributed by atoms with E-state index in [0.29, 0.717) is 23.2 Å². The Labute approximate surface area is 197 Å². The lowest BCUT2D eigenvalue weighted by Crippen LogP contribution is -2.42. The van der Waals surface area contributed by atoms with E-state index >= 15 is 0 Å². The number of aryl methyl sites for hydroxylation is 1. The lowest BCUT2D eigenvalue weighted by molar-refractivity contribution is -0.125. The molecular formula is C23H27ClN2O5S. The Bertz CT molecular complexity index is 1000. The Balaban J connectivity index is 1.85. The Kier molecular flexibility index (Phi) is 8.05. The minimum absolute atomic E-state index is 0.0921. The van der Waals surface area contributed by atoms with Gasteiger partial charge in [-0.1, -0.05) is 36.7 Å². The fraction of sp³-hybridized carbons (Fsp3) is 0.391. The molecule has 1 heterocycles. The second-order valence-corrected chi connectivity index (χ2v) is 9.24. The van der Waals surface area contributed by atoms with Crippen molar-refractivity contribution >= 4 is 40.1 Å². The van der Waals surface area contributed by atoms with E-state index in [0.717, 1.165) is 17.7 Å². The van der Waals surface area contributed by atoms with Gasteiger partial charge in [0, 0.05) is 12.6 Å². The van der Waals surface area contributed by atoms with E-state index in [1.165, 1.54) is 11.8 Å². The number of hydrogen-bond acceptors (Lipinski definition) is 7. The van der Waals surface area contributed by atoms with Gasteiger partial charge in [0.15, 0.2) is 5.17 Å². The van der Waals surface area contributed by atoms with Crippen LogP contribution in [-0.2, 0) is 4.79 Å². The van der Waals surface area contributed by atoms with Gasteiger partial charge in [-0.15, -0.1) is 0 Å². The van der Waals surface area contributed by atoms with Gasteiger partial charge in [0.1, 0.15) is 24.2 Å². The van der Waals surface area contributed by atoms with Crippen molar-refractivity contribution < 1.29 is 24.5 Å². The lowest BCUT2D eigenvalue weighted by Gasteiger charge is -2.24. The van der Waals surface area contributed by atoms with Crippen molar-refractivity contribution in [2.24, 2.45) is 4.99 Å². The van der Waals surface area contributed by atoms with Crippen LogP contribution in [0.15, 0.2) is 47.5 Å². The quantitative estimate of drug-likeness (QED) is 0.565. The number of hydrogen-bond donors (Lipinski definition) is 2. The number of nitrogens with zero attached hydrogens (tertiary/aromatic N) is 2. The highest BCUT2D eigenvalue weighted by atomic mass is 35.5. The molecule has 2 aromatic rings. The summed E-state index contributed by atoms with van der Waals surface area (Å²) in [6, 6.07) is 12.5. The number of thioether (sulfide) groups is 1. The standard InChI is InChI=1S/C23H27ClN2O5S/c1-4-11-25-22-26(19-8-6-5-7-15(19)2)21(29)23(3,32-22)31-17-9-10-20(18(24)12-17)30-14-16(28)13-27/h5-10,12,16,27-28H,4,11,13-14H2,1-3H3/b25-22-/t16-,23?/m0/s1. The van der Waals surface area contributed by atoms with E-state index in [-0.39, 0.29) is 17.5 Å². The number of ether oxygens (including phenoxy) is 2. The van der Waals surface area contributed by atoms with Crippen LogP contribution < -0.4 is 14.4 Å². The first-order chi connectivity index (χ1) is 15.3. The summed E-state index contributed by atoms with van der Waals surface area (Å²) in [5.41, 5.74) is 1.74. The highest BCUT2D eigenvalue weighted by Crippen LogP contribution is 2.43. The van der Waals surface area contributed by atoms with Gasteiger partial charge in [-0.2, -0.15) is 0 Å². The van der Waals surface area contributed by atoms with E-state index in [1.807, 2.05) is 38.1 Å². The van der Waals surface area contributed by atoms with E-state index < -0.39 is 17.6 Å². The molecule has 1 aliphatic heterocycles. The van der Waals surface area contributed by atoms with Crippen molar-refractivity contribution in [1.82, 2.24) is 0 Å². The number of carbonyl (C=O) groups excluding carboxylic acids is 1. The molecule has 2 aromatic carbocycles. The molecule has 9 heteroatoms. The number of para-hydroxylation sites is 1. The molecular weight excluding hydrogens is 452 g/mol. The van der Waals surface area contributed by atoms with E-state index in [1.54, 1.807) is 30.0 Å². The van der Waals surface area contributed by atoms with Crippen LogP contribution in [0.25, 0.3) is 0 Å². The van der Waals surface area contributed by atoms with Gasteiger partial charge in [-0.3, -0.25) is 14.7 Å². The Morgan fingerprint density at radius 1 is 1.28 bits per heavy atom. The molecule has 0 aliphatic carbocycles. The van der Waals surface area contributed by atoms with E-state index in [2.05, 4.69) is 4.99 Å². The predicted octanol–water partition coefficient (Wildman–Crippen LogP) is 4.02. The van der Waals surface area contributed by atoms with Crippen molar-refractivity contribution in [3.63, 3.8) is 0 Å². The Morgan fingerprint density at radius 3 is 2.69 bits per heavy atom. The molecule has 0 aromatic heterocycles. The lowest BCUT2D eigenvalue weighted by atomic mass is 10.1. The van der Waals surface area contributed by atoms with Gasteiger partial charge in [0.2, 0.25) is 4.93 Å². The number of halogens is 1. The fourth-order valence-corrected chi connectivity index (χ4v) is 4.40. The number of amidine groups is 1. The molecule has 2 N–H and O–H groups in total. The average Bonchev–Trinajstić information content (AvgIpc) is 3.01. The molecule has 1 saturated heterocycles. The van der Waals surface area contributed by atoms with Crippen molar-refractivity contribution in [3.05, 3.63) is 53.1 Å². The van der Waals surface area contributed by atoms with Crippen molar-refractivity contribution in [3.8, 4) is 11.5 Å². The number of aliphatic hydroxyl groups is 2. The summed E-state index contributed by atoms with van der Waals surface area (Å²) >= 11 is 7.55. The number of rotatable bonds is 9. The van der Waals surface area contributed by atoms with Gasteiger partial charge in [-0.05, 0) is 55.8 Å². The van der Waals surface area contributed by atoms with Crippen molar-refractivity contribution in [1.29, 1.82) is 0 Å². The van der Waals surface area contributed by atoms with Gasteiger partial charge >= 0.3 is 0 Å². The first kappa shape index (κ1) is 24.4. The molecule has 3 rings (SSSR count). The summed E-state index contributed by atoms with van der Waals surface area (Å²) in [5.74, 6) is 0.512. The molecule has 7 nitrogen and oxygen atoms in total. The second kappa shape index (κ2) is 10.6. The van der Waals surface area contributed by atoms with Gasteiger partial charge in [-0.25, -0.2) is 0 Å². The summed E-state index contributed by atoms with van der Waals surface area (Å²) < 4.78 is 11.5. The zero-order chi connectivity index (χ0) is 23.3. The SMILES string of the molecule is CCC/N=C1\SC(C)(Oc2ccc(OC[C@@H](O)CO)c(Cl)c2)C(=O)N1c1ccccc1C. The Morgan fingerprint density at radius 2 is 2.03 bits per heavy atom. The molecule has 172 valence electrons. The van der Waals surface area contributed by atoms with Gasteiger partial charge < -0.3 is 19.7 Å². The van der Waals surface area contributed by atoms with Crippen LogP contribution in [0.4, 0.5) is 5.69 Å². The number of anilines is 1. The zero-order valence-electron chi connectivity index (χ0n) is 18.2. The van der Waals surface area contributed by atoms with Crippen LogP contribution in [0, 0.1) is 6.92 Å². The minimum atomic E-state index is -1.23. The summed E-state index contributed by atoms with van der Waals surface area (Å²) in [7, 11) is 0. The molecule has 0 bridgehead atoms. The van der Waals surface area contributed by atoms with Crippen LogP contribution in [-0.4, -0.2) is 52.1 Å². The van der Waals surface area contributed by atoms with Crippen LogP contribution >= 0.6 is 23.4 Å². The van der Waals surface area contributed by atoms with Crippen molar-refractivity contribution in [2.45, 2.75) is 38.2 Å². The molecule has 0 radical (unpaired) electrons. The molecule has 1 aliphatic rings. The number of aliphatic hydroxyl groups excluding tert-OH is 2. The third kappa shape index (κ3) is 5.38. The third-order valence-electron chi connectivity index (χ3n) is 4.75. The summed E-state index contributed by atoms with van der Waals surface area (Å²) in [4.78, 5) is 18.5. The number of aliphatic imine (C=N–C) groups is 1. The normalized spacial score (nSPS) is 20.6. The molecule has 1 amide bonds. The maximum atomic E-state index is 13.5. The monoisotopic (exact) mass is 478 g/mol. The highest BCUT2D eigenvalue weighted by Gasteiger charge is 2.51. The number of benzene rings is 2. The maximum Gasteiger partial charge on any atom is 0.288 e. The second-order valence-electron chi connectivity index (χ2n) is 7.48. The summed E-state index contributed by atoms with van der Waals surface area (Å²) in [6.07, 6.45) is -0.138. The third-order valence-corrected chi connectivity index (χ3v) is 6.19. The van der Waals surface area contributed by atoms with Gasteiger partial charge in [0.25, 0.3) is 5.91 Å². The first-order valence-electron chi connectivity index (χ1n) is 10.3. The number of amides is 1. The molecule has 0 spiro atoms. The summed E-state index contributed by atoms with van der Waals surface area (Å²) in [5, 5.41) is 19.2. The molecule has 1 fully saturated rings. The maximum absolute atomic E-state index is 13.5. The first-order valence-corrected chi connectivity index (χ1v) is 11.5. The molecule has 32 heavy (non-hydrogen) atoms. The predicted molar refractivity (Wildman–Crippen MR) is 128 cm³/mol. The largest absolute Gasteiger partial charge is 0.489 e. The Hall–Kier alpha value is -2.26. The zero-order valence-corrected chi connectivity index (χ0v) is 19.8. The van der Waals surface area contributed by atoms with E-state index in [9.17, 15) is 9.90 Å². The van der Waals surface area contributed by atoms with Crippen LogP contribution in [0.1, 0.15) is 25.8 Å². The molecule has 0 saturated carbocycles. The molecule has 1 unspecified atom stereocenters. The average molecular weight is 479 g/mol. The van der Waals surface area contributed by atoms with Gasteiger partial charge in [0.05, 0.1) is 17.3 Å². The minimum Gasteiger partial charge on any atom is -0.489 e. The fourth-order valence-electron chi connectivity index (χ4n) is 3.08. The van der Waals surface area contributed by atoms with E-state index in [4.69, 9.17) is 26.2 Å². The number of carbonyl (C=O) groups is 1. The van der Waals surface area contributed by atoms with Crippen LogP contribution in [0.3, 0.4) is 0 Å². The topological polar surface area (TPSA) is 91.6 Å².